The van der Waals surface area contributed by atoms with E-state index in [1.54, 1.807) is 11.3 Å². The van der Waals surface area contributed by atoms with E-state index in [1.165, 1.54) is 14.7 Å². The molecule has 0 spiro atoms. The van der Waals surface area contributed by atoms with Crippen LogP contribution >= 0.6 is 33.9 Å². The first-order valence-electron chi connectivity index (χ1n) is 3.64. The summed E-state index contributed by atoms with van der Waals surface area (Å²) in [6.45, 7) is 0. The molecule has 0 nitrogen and oxygen atoms in total. The molecular formula is C10H7IS. The molecule has 0 aliphatic carbocycles. The molecule has 0 fully saturated rings. The summed E-state index contributed by atoms with van der Waals surface area (Å²) in [5.41, 5.74) is 2.62. The smallest absolute Gasteiger partial charge is 0.0130 e. The van der Waals surface area contributed by atoms with Crippen LogP contribution in [0.2, 0.25) is 0 Å². The summed E-state index contributed by atoms with van der Waals surface area (Å²) < 4.78 is 1.28. The third-order valence-electron chi connectivity index (χ3n) is 1.70. The standard InChI is InChI=1S/C10H7IS/c11-10-3-1-8(2-4-10)9-5-6-12-7-9/h1-7H. The van der Waals surface area contributed by atoms with E-state index in [9.17, 15) is 0 Å². The van der Waals surface area contributed by atoms with Crippen molar-refractivity contribution >= 4 is 33.9 Å². The summed E-state index contributed by atoms with van der Waals surface area (Å²) >= 11 is 4.05. The number of hydrogen-bond donors (Lipinski definition) is 0. The lowest BCUT2D eigenvalue weighted by Crippen LogP contribution is -1.73. The molecule has 2 aromatic rings. The predicted octanol–water partition coefficient (Wildman–Crippen LogP) is 4.02. The summed E-state index contributed by atoms with van der Waals surface area (Å²) in [4.78, 5) is 0. The van der Waals surface area contributed by atoms with Crippen LogP contribution in [0.4, 0.5) is 0 Å². The van der Waals surface area contributed by atoms with E-state index in [2.05, 4.69) is 63.7 Å². The third kappa shape index (κ3) is 1.69. The average Bonchev–Trinajstić information content (AvgIpc) is 2.58. The van der Waals surface area contributed by atoms with Gasteiger partial charge in [-0.2, -0.15) is 11.3 Å². The second-order valence-corrected chi connectivity index (χ2v) is 4.54. The summed E-state index contributed by atoms with van der Waals surface area (Å²) in [6, 6.07) is 10.7. The molecule has 0 unspecified atom stereocenters. The molecule has 12 heavy (non-hydrogen) atoms. The van der Waals surface area contributed by atoms with Gasteiger partial charge in [0, 0.05) is 3.57 Å². The summed E-state index contributed by atoms with van der Waals surface area (Å²) in [7, 11) is 0. The Labute approximate surface area is 89.4 Å². The third-order valence-corrected chi connectivity index (χ3v) is 3.10. The molecule has 1 aromatic heterocycles. The average molecular weight is 286 g/mol. The van der Waals surface area contributed by atoms with Crippen LogP contribution in [0, 0.1) is 3.57 Å². The van der Waals surface area contributed by atoms with Crippen LogP contribution in [-0.2, 0) is 0 Å². The molecule has 2 rings (SSSR count). The van der Waals surface area contributed by atoms with Crippen molar-refractivity contribution in [2.24, 2.45) is 0 Å². The minimum absolute atomic E-state index is 1.28. The summed E-state index contributed by atoms with van der Waals surface area (Å²) in [6.07, 6.45) is 0. The van der Waals surface area contributed by atoms with Crippen molar-refractivity contribution in [3.05, 3.63) is 44.7 Å². The molecule has 0 saturated carbocycles. The Morgan fingerprint density at radius 2 is 1.67 bits per heavy atom. The maximum atomic E-state index is 2.32. The lowest BCUT2D eigenvalue weighted by atomic mass is 10.1. The number of hydrogen-bond acceptors (Lipinski definition) is 1. The van der Waals surface area contributed by atoms with Gasteiger partial charge in [0.05, 0.1) is 0 Å². The zero-order valence-electron chi connectivity index (χ0n) is 6.33. The van der Waals surface area contributed by atoms with Crippen LogP contribution in [0.15, 0.2) is 41.1 Å². The molecule has 0 atom stereocenters. The Kier molecular flexibility index (Phi) is 2.46. The number of thiophene rings is 1. The van der Waals surface area contributed by atoms with Crippen molar-refractivity contribution in [3.8, 4) is 11.1 Å². The highest BCUT2D eigenvalue weighted by molar-refractivity contribution is 14.1. The van der Waals surface area contributed by atoms with Gasteiger partial charge in [0.1, 0.15) is 0 Å². The quantitative estimate of drug-likeness (QED) is 0.695. The first kappa shape index (κ1) is 8.26. The van der Waals surface area contributed by atoms with E-state index in [0.717, 1.165) is 0 Å². The van der Waals surface area contributed by atoms with Gasteiger partial charge in [-0.3, -0.25) is 0 Å². The highest BCUT2D eigenvalue weighted by Gasteiger charge is 1.95. The predicted molar refractivity (Wildman–Crippen MR) is 62.5 cm³/mol. The molecular weight excluding hydrogens is 279 g/mol. The summed E-state index contributed by atoms with van der Waals surface area (Å²) in [5, 5.41) is 4.27. The van der Waals surface area contributed by atoms with Gasteiger partial charge in [-0.05, 0) is 62.7 Å². The Morgan fingerprint density at radius 1 is 0.917 bits per heavy atom. The fourth-order valence-electron chi connectivity index (χ4n) is 1.07. The van der Waals surface area contributed by atoms with Gasteiger partial charge in [0.15, 0.2) is 0 Å². The number of benzene rings is 1. The first-order valence-corrected chi connectivity index (χ1v) is 5.66. The van der Waals surface area contributed by atoms with Crippen LogP contribution < -0.4 is 0 Å². The van der Waals surface area contributed by atoms with Crippen molar-refractivity contribution in [1.29, 1.82) is 0 Å². The second-order valence-electron chi connectivity index (χ2n) is 2.52. The molecule has 1 heterocycles. The molecule has 0 N–H and O–H groups in total. The molecule has 0 aliphatic rings. The minimum atomic E-state index is 1.28. The monoisotopic (exact) mass is 286 g/mol. The van der Waals surface area contributed by atoms with Gasteiger partial charge < -0.3 is 0 Å². The maximum absolute atomic E-state index is 2.32. The van der Waals surface area contributed by atoms with E-state index in [4.69, 9.17) is 0 Å². The topological polar surface area (TPSA) is 0 Å². The zero-order chi connectivity index (χ0) is 8.39. The van der Waals surface area contributed by atoms with Crippen LogP contribution in [-0.4, -0.2) is 0 Å². The lowest BCUT2D eigenvalue weighted by molar-refractivity contribution is 1.63. The molecule has 60 valence electrons. The Balaban J connectivity index is 2.43. The second kappa shape index (κ2) is 3.58. The number of rotatable bonds is 1. The van der Waals surface area contributed by atoms with E-state index in [1.807, 2.05) is 0 Å². The van der Waals surface area contributed by atoms with Gasteiger partial charge in [0.25, 0.3) is 0 Å². The van der Waals surface area contributed by atoms with Crippen molar-refractivity contribution in [2.45, 2.75) is 0 Å². The van der Waals surface area contributed by atoms with Crippen LogP contribution in [0.1, 0.15) is 0 Å². The zero-order valence-corrected chi connectivity index (χ0v) is 9.30. The van der Waals surface area contributed by atoms with Crippen molar-refractivity contribution < 1.29 is 0 Å². The molecule has 0 bridgehead atoms. The highest BCUT2D eigenvalue weighted by atomic mass is 127. The fourth-order valence-corrected chi connectivity index (χ4v) is 2.10. The SMILES string of the molecule is Ic1ccc(-c2ccsc2)cc1. The Bertz CT molecular complexity index is 348. The van der Waals surface area contributed by atoms with E-state index >= 15 is 0 Å². The lowest BCUT2D eigenvalue weighted by Gasteiger charge is -1.96. The van der Waals surface area contributed by atoms with E-state index < -0.39 is 0 Å². The Hall–Kier alpha value is -0.350. The van der Waals surface area contributed by atoms with Crippen molar-refractivity contribution in [2.75, 3.05) is 0 Å². The van der Waals surface area contributed by atoms with Crippen LogP contribution in [0.5, 0.6) is 0 Å². The molecule has 0 amide bonds. The number of halogens is 1. The van der Waals surface area contributed by atoms with Crippen molar-refractivity contribution in [1.82, 2.24) is 0 Å². The normalized spacial score (nSPS) is 10.1. The van der Waals surface area contributed by atoms with Crippen LogP contribution in [0.3, 0.4) is 0 Å². The summed E-state index contributed by atoms with van der Waals surface area (Å²) in [5.74, 6) is 0. The molecule has 0 aliphatic heterocycles. The van der Waals surface area contributed by atoms with Gasteiger partial charge in [0.2, 0.25) is 0 Å². The van der Waals surface area contributed by atoms with Gasteiger partial charge in [-0.15, -0.1) is 0 Å². The molecule has 0 radical (unpaired) electrons. The van der Waals surface area contributed by atoms with Gasteiger partial charge in [-0.1, -0.05) is 12.1 Å². The van der Waals surface area contributed by atoms with Gasteiger partial charge in [-0.25, -0.2) is 0 Å². The van der Waals surface area contributed by atoms with E-state index in [-0.39, 0.29) is 0 Å². The van der Waals surface area contributed by atoms with E-state index in [0.29, 0.717) is 0 Å². The fraction of sp³-hybridized carbons (Fsp3) is 0. The molecule has 0 saturated heterocycles. The van der Waals surface area contributed by atoms with Crippen LogP contribution in [0.25, 0.3) is 11.1 Å². The first-order chi connectivity index (χ1) is 5.86. The molecule has 1 aromatic carbocycles. The largest absolute Gasteiger partial charge is 0.152 e. The minimum Gasteiger partial charge on any atom is -0.152 e. The highest BCUT2D eigenvalue weighted by Crippen LogP contribution is 2.22. The van der Waals surface area contributed by atoms with Gasteiger partial charge >= 0.3 is 0 Å². The Morgan fingerprint density at radius 3 is 2.25 bits per heavy atom. The van der Waals surface area contributed by atoms with Crippen molar-refractivity contribution in [3.63, 3.8) is 0 Å². The molecule has 2 heteroatoms. The maximum Gasteiger partial charge on any atom is 0.0130 e.